The van der Waals surface area contributed by atoms with Crippen molar-refractivity contribution in [3.63, 3.8) is 0 Å². The van der Waals surface area contributed by atoms with E-state index < -0.39 is 5.97 Å². The second-order valence-electron chi connectivity index (χ2n) is 1.85. The van der Waals surface area contributed by atoms with Gasteiger partial charge in [0.05, 0.1) is 19.0 Å². The number of hydrogen-bond acceptors (Lipinski definition) is 4. The van der Waals surface area contributed by atoms with Crippen molar-refractivity contribution in [2.75, 3.05) is 31.3 Å². The summed E-state index contributed by atoms with van der Waals surface area (Å²) in [5.74, 6) is 0.0759. The van der Waals surface area contributed by atoms with Gasteiger partial charge in [0.25, 0.3) is 0 Å². The number of ether oxygens (including phenoxy) is 1. The largest absolute Gasteiger partial charge is 0.481 e. The number of carboxylic acid groups (broad SMARTS) is 1. The third-order valence-corrected chi connectivity index (χ3v) is 1.77. The Morgan fingerprint density at radius 3 is 2.82 bits per heavy atom. The van der Waals surface area contributed by atoms with Crippen LogP contribution in [0, 0.1) is 0 Å². The first-order valence-corrected chi connectivity index (χ1v) is 4.50. The first-order chi connectivity index (χ1) is 5.27. The molecule has 0 aromatic heterocycles. The van der Waals surface area contributed by atoms with E-state index >= 15 is 0 Å². The Kier molecular flexibility index (Phi) is 7.66. The van der Waals surface area contributed by atoms with Crippen LogP contribution in [0.2, 0.25) is 0 Å². The lowest BCUT2D eigenvalue weighted by Crippen LogP contribution is -2.10. The van der Waals surface area contributed by atoms with Gasteiger partial charge in [0.15, 0.2) is 0 Å². The van der Waals surface area contributed by atoms with E-state index in [1.807, 2.05) is 0 Å². The molecular weight excluding hydrogens is 166 g/mol. The van der Waals surface area contributed by atoms with Crippen LogP contribution in [0.5, 0.6) is 0 Å². The number of carboxylic acids is 1. The third kappa shape index (κ3) is 9.74. The number of rotatable bonds is 7. The van der Waals surface area contributed by atoms with Gasteiger partial charge in [-0.25, -0.2) is 0 Å². The van der Waals surface area contributed by atoms with Gasteiger partial charge < -0.3 is 15.6 Å². The standard InChI is InChI=1S/C6H13NO3S/c7-1-2-10-3-4-11-5-6(8)9/h1-5,7H2,(H,8,9). The number of hydrogen-bond donors (Lipinski definition) is 2. The maximum absolute atomic E-state index is 10.0. The van der Waals surface area contributed by atoms with Gasteiger partial charge in [-0.3, -0.25) is 4.79 Å². The van der Waals surface area contributed by atoms with Crippen molar-refractivity contribution in [1.82, 2.24) is 0 Å². The van der Waals surface area contributed by atoms with Crippen LogP contribution in [0.3, 0.4) is 0 Å². The summed E-state index contributed by atoms with van der Waals surface area (Å²) in [6.45, 7) is 1.65. The van der Waals surface area contributed by atoms with E-state index in [9.17, 15) is 4.79 Å². The quantitative estimate of drug-likeness (QED) is 0.529. The summed E-state index contributed by atoms with van der Waals surface area (Å²) in [5, 5.41) is 8.23. The summed E-state index contributed by atoms with van der Waals surface area (Å²) >= 11 is 1.35. The van der Waals surface area contributed by atoms with Gasteiger partial charge in [0.1, 0.15) is 0 Å². The van der Waals surface area contributed by atoms with Gasteiger partial charge in [-0.2, -0.15) is 0 Å². The Morgan fingerprint density at radius 2 is 2.27 bits per heavy atom. The minimum absolute atomic E-state index is 0.145. The molecule has 0 radical (unpaired) electrons. The Labute approximate surface area is 70.1 Å². The highest BCUT2D eigenvalue weighted by atomic mass is 32.2. The van der Waals surface area contributed by atoms with Crippen LogP contribution >= 0.6 is 11.8 Å². The molecule has 0 aromatic carbocycles. The van der Waals surface area contributed by atoms with Crippen LogP contribution in [-0.2, 0) is 9.53 Å². The fraction of sp³-hybridized carbons (Fsp3) is 0.833. The van der Waals surface area contributed by atoms with Crippen LogP contribution in [0.15, 0.2) is 0 Å². The SMILES string of the molecule is NCCOCCSCC(=O)O. The molecule has 3 N–H and O–H groups in total. The molecule has 0 aliphatic heterocycles. The Balaban J connectivity index is 2.85. The van der Waals surface area contributed by atoms with Crippen molar-refractivity contribution < 1.29 is 14.6 Å². The highest BCUT2D eigenvalue weighted by Gasteiger charge is 1.95. The molecule has 0 spiro atoms. The summed E-state index contributed by atoms with van der Waals surface area (Å²) in [7, 11) is 0. The van der Waals surface area contributed by atoms with E-state index in [0.29, 0.717) is 25.5 Å². The van der Waals surface area contributed by atoms with Crippen molar-refractivity contribution in [3.8, 4) is 0 Å². The molecule has 0 aliphatic rings. The van der Waals surface area contributed by atoms with E-state index in [-0.39, 0.29) is 5.75 Å². The summed E-state index contributed by atoms with van der Waals surface area (Å²) in [6.07, 6.45) is 0. The summed E-state index contributed by atoms with van der Waals surface area (Å²) in [4.78, 5) is 10.0. The van der Waals surface area contributed by atoms with Crippen LogP contribution in [0.4, 0.5) is 0 Å². The number of carbonyl (C=O) groups is 1. The van der Waals surface area contributed by atoms with E-state index in [0.717, 1.165) is 0 Å². The number of nitrogens with two attached hydrogens (primary N) is 1. The zero-order valence-electron chi connectivity index (χ0n) is 6.28. The normalized spacial score (nSPS) is 9.91. The first-order valence-electron chi connectivity index (χ1n) is 3.34. The molecule has 0 aromatic rings. The van der Waals surface area contributed by atoms with Crippen molar-refractivity contribution in [2.45, 2.75) is 0 Å². The average molecular weight is 179 g/mol. The zero-order chi connectivity index (χ0) is 8.53. The fourth-order valence-electron chi connectivity index (χ4n) is 0.463. The van der Waals surface area contributed by atoms with Crippen LogP contribution in [-0.4, -0.2) is 42.3 Å². The van der Waals surface area contributed by atoms with Gasteiger partial charge in [0.2, 0.25) is 0 Å². The lowest BCUT2D eigenvalue weighted by atomic mass is 10.7. The molecule has 0 heterocycles. The predicted octanol–water partition coefficient (Wildman–Crippen LogP) is -0.221. The summed E-state index contributed by atoms with van der Waals surface area (Å²) < 4.78 is 5.03. The Bertz CT molecular complexity index is 110. The van der Waals surface area contributed by atoms with Crippen LogP contribution in [0.1, 0.15) is 0 Å². The second-order valence-corrected chi connectivity index (χ2v) is 2.95. The topological polar surface area (TPSA) is 72.5 Å². The minimum Gasteiger partial charge on any atom is -0.481 e. The lowest BCUT2D eigenvalue weighted by Gasteiger charge is -1.99. The summed E-state index contributed by atoms with van der Waals surface area (Å²) in [6, 6.07) is 0. The molecule has 0 bridgehead atoms. The van der Waals surface area contributed by atoms with E-state index in [1.54, 1.807) is 0 Å². The molecule has 5 heteroatoms. The number of thioether (sulfide) groups is 1. The monoisotopic (exact) mass is 179 g/mol. The first kappa shape index (κ1) is 10.7. The molecule has 0 saturated heterocycles. The van der Waals surface area contributed by atoms with Gasteiger partial charge in [-0.05, 0) is 0 Å². The maximum atomic E-state index is 10.0. The highest BCUT2D eigenvalue weighted by molar-refractivity contribution is 7.99. The molecule has 0 rings (SSSR count). The van der Waals surface area contributed by atoms with E-state index in [2.05, 4.69) is 0 Å². The zero-order valence-corrected chi connectivity index (χ0v) is 7.10. The van der Waals surface area contributed by atoms with Crippen LogP contribution in [0.25, 0.3) is 0 Å². The van der Waals surface area contributed by atoms with Gasteiger partial charge >= 0.3 is 5.97 Å². The van der Waals surface area contributed by atoms with Crippen LogP contribution < -0.4 is 5.73 Å². The van der Waals surface area contributed by atoms with E-state index in [4.69, 9.17) is 15.6 Å². The highest BCUT2D eigenvalue weighted by Crippen LogP contribution is 1.97. The van der Waals surface area contributed by atoms with Crippen molar-refractivity contribution in [2.24, 2.45) is 5.73 Å². The minimum atomic E-state index is -0.783. The molecule has 0 unspecified atom stereocenters. The molecule has 0 amide bonds. The second kappa shape index (κ2) is 7.84. The van der Waals surface area contributed by atoms with Gasteiger partial charge in [0, 0.05) is 12.3 Å². The molecule has 11 heavy (non-hydrogen) atoms. The molecule has 0 saturated carbocycles. The molecule has 0 fully saturated rings. The van der Waals surface area contributed by atoms with Gasteiger partial charge in [-0.1, -0.05) is 0 Å². The Hall–Kier alpha value is -0.260. The number of aliphatic carboxylic acids is 1. The van der Waals surface area contributed by atoms with E-state index in [1.165, 1.54) is 11.8 Å². The van der Waals surface area contributed by atoms with Crippen molar-refractivity contribution in [3.05, 3.63) is 0 Å². The van der Waals surface area contributed by atoms with Gasteiger partial charge in [-0.15, -0.1) is 11.8 Å². The third-order valence-electron chi connectivity index (χ3n) is 0.860. The lowest BCUT2D eigenvalue weighted by molar-refractivity contribution is -0.133. The van der Waals surface area contributed by atoms with Crippen molar-refractivity contribution >= 4 is 17.7 Å². The molecule has 0 aliphatic carbocycles. The smallest absolute Gasteiger partial charge is 0.313 e. The maximum Gasteiger partial charge on any atom is 0.313 e. The molecule has 0 atom stereocenters. The molecule has 66 valence electrons. The molecule has 4 nitrogen and oxygen atoms in total. The fourth-order valence-corrected chi connectivity index (χ4v) is 1.02. The summed E-state index contributed by atoms with van der Waals surface area (Å²) in [5.41, 5.74) is 5.17. The predicted molar refractivity (Wildman–Crippen MR) is 44.8 cm³/mol. The van der Waals surface area contributed by atoms with Crippen molar-refractivity contribution in [1.29, 1.82) is 0 Å². The average Bonchev–Trinajstić information content (AvgIpc) is 1.96. The molecular formula is C6H13NO3S. The Morgan fingerprint density at radius 1 is 1.55 bits per heavy atom.